The van der Waals surface area contributed by atoms with Crippen LogP contribution in [-0.2, 0) is 11.2 Å². The van der Waals surface area contributed by atoms with E-state index in [9.17, 15) is 4.79 Å². The van der Waals surface area contributed by atoms with Crippen molar-refractivity contribution < 1.29 is 14.6 Å². The summed E-state index contributed by atoms with van der Waals surface area (Å²) in [5.74, 6) is -0.346. The minimum absolute atomic E-state index is 0.0919. The van der Waals surface area contributed by atoms with E-state index in [2.05, 4.69) is 9.97 Å². The molecule has 0 saturated heterocycles. The second-order valence-corrected chi connectivity index (χ2v) is 3.12. The SMILES string of the molecule is COc1ccc2[nH]cnc2c1CC(=O)O. The van der Waals surface area contributed by atoms with Crippen molar-refractivity contribution in [3.05, 3.63) is 24.0 Å². The zero-order chi connectivity index (χ0) is 10.8. The summed E-state index contributed by atoms with van der Waals surface area (Å²) in [5.41, 5.74) is 2.06. The third kappa shape index (κ3) is 1.63. The highest BCUT2D eigenvalue weighted by atomic mass is 16.5. The van der Waals surface area contributed by atoms with Crippen LogP contribution in [0.3, 0.4) is 0 Å². The minimum Gasteiger partial charge on any atom is -0.496 e. The summed E-state index contributed by atoms with van der Waals surface area (Å²) < 4.78 is 5.11. The van der Waals surface area contributed by atoms with Gasteiger partial charge in [0.05, 0.1) is 30.9 Å². The van der Waals surface area contributed by atoms with E-state index in [1.165, 1.54) is 13.4 Å². The number of carbonyl (C=O) groups is 1. The minimum atomic E-state index is -0.899. The Morgan fingerprint density at radius 3 is 3.07 bits per heavy atom. The molecule has 5 nitrogen and oxygen atoms in total. The van der Waals surface area contributed by atoms with Gasteiger partial charge < -0.3 is 14.8 Å². The van der Waals surface area contributed by atoms with Gasteiger partial charge in [0.15, 0.2) is 0 Å². The van der Waals surface area contributed by atoms with Crippen LogP contribution >= 0.6 is 0 Å². The average molecular weight is 206 g/mol. The van der Waals surface area contributed by atoms with Crippen LogP contribution in [0.4, 0.5) is 0 Å². The highest BCUT2D eigenvalue weighted by molar-refractivity contribution is 5.85. The molecule has 0 radical (unpaired) electrons. The third-order valence-electron chi connectivity index (χ3n) is 2.20. The number of hydrogen-bond acceptors (Lipinski definition) is 3. The first-order chi connectivity index (χ1) is 7.22. The fourth-order valence-corrected chi connectivity index (χ4v) is 1.56. The van der Waals surface area contributed by atoms with Crippen LogP contribution < -0.4 is 4.74 Å². The molecule has 0 bridgehead atoms. The molecule has 0 saturated carbocycles. The molecule has 1 aromatic carbocycles. The second-order valence-electron chi connectivity index (χ2n) is 3.12. The maximum Gasteiger partial charge on any atom is 0.308 e. The standard InChI is InChI=1S/C10H10N2O3/c1-15-8-3-2-7-10(12-5-11-7)6(8)4-9(13)14/h2-3,5H,4H2,1H3,(H,11,12)(H,13,14). The van der Waals surface area contributed by atoms with Crippen molar-refractivity contribution in [1.29, 1.82) is 0 Å². The van der Waals surface area contributed by atoms with Crippen molar-refractivity contribution in [3.63, 3.8) is 0 Å². The molecule has 0 unspecified atom stereocenters. The number of aliphatic carboxylic acids is 1. The predicted octanol–water partition coefficient (Wildman–Crippen LogP) is 1.20. The fourth-order valence-electron chi connectivity index (χ4n) is 1.56. The van der Waals surface area contributed by atoms with Crippen LogP contribution in [0.1, 0.15) is 5.56 Å². The molecular formula is C10H10N2O3. The summed E-state index contributed by atoms with van der Waals surface area (Å²) in [5, 5.41) is 8.79. The molecule has 0 aliphatic carbocycles. The highest BCUT2D eigenvalue weighted by Gasteiger charge is 2.13. The lowest BCUT2D eigenvalue weighted by molar-refractivity contribution is -0.136. The van der Waals surface area contributed by atoms with Crippen LogP contribution in [0.25, 0.3) is 11.0 Å². The molecule has 0 aliphatic rings. The Bertz CT molecular complexity index is 504. The van der Waals surface area contributed by atoms with Gasteiger partial charge in [0.25, 0.3) is 0 Å². The lowest BCUT2D eigenvalue weighted by atomic mass is 10.1. The quantitative estimate of drug-likeness (QED) is 0.791. The van der Waals surface area contributed by atoms with E-state index < -0.39 is 5.97 Å². The number of carboxylic acids is 1. The Hall–Kier alpha value is -2.04. The second kappa shape index (κ2) is 3.61. The number of methoxy groups -OCH3 is 1. The third-order valence-corrected chi connectivity index (χ3v) is 2.20. The first kappa shape index (κ1) is 9.51. The molecule has 2 rings (SSSR count). The van der Waals surface area contributed by atoms with Crippen LogP contribution in [0, 0.1) is 0 Å². The number of aromatic nitrogens is 2. The number of nitrogens with one attached hydrogen (secondary N) is 1. The number of H-pyrrole nitrogens is 1. The summed E-state index contributed by atoms with van der Waals surface area (Å²) in [4.78, 5) is 17.7. The van der Waals surface area contributed by atoms with E-state index in [0.717, 1.165) is 5.52 Å². The van der Waals surface area contributed by atoms with E-state index in [-0.39, 0.29) is 6.42 Å². The van der Waals surface area contributed by atoms with E-state index in [4.69, 9.17) is 9.84 Å². The molecule has 0 atom stereocenters. The summed E-state index contributed by atoms with van der Waals surface area (Å²) in [6, 6.07) is 3.55. The van der Waals surface area contributed by atoms with Crippen LogP contribution in [0.15, 0.2) is 18.5 Å². The number of imidazole rings is 1. The van der Waals surface area contributed by atoms with Crippen molar-refractivity contribution in [2.24, 2.45) is 0 Å². The van der Waals surface area contributed by atoms with Gasteiger partial charge in [-0.25, -0.2) is 4.98 Å². The number of hydrogen-bond donors (Lipinski definition) is 2. The number of benzene rings is 1. The van der Waals surface area contributed by atoms with E-state index in [1.54, 1.807) is 6.07 Å². The van der Waals surface area contributed by atoms with Gasteiger partial charge in [-0.1, -0.05) is 0 Å². The molecular weight excluding hydrogens is 196 g/mol. The monoisotopic (exact) mass is 206 g/mol. The van der Waals surface area contributed by atoms with Gasteiger partial charge in [-0.15, -0.1) is 0 Å². The molecule has 15 heavy (non-hydrogen) atoms. The van der Waals surface area contributed by atoms with Gasteiger partial charge in [0.1, 0.15) is 5.75 Å². The maximum absolute atomic E-state index is 10.7. The zero-order valence-corrected chi connectivity index (χ0v) is 8.15. The lowest BCUT2D eigenvalue weighted by Crippen LogP contribution is -2.03. The molecule has 0 fully saturated rings. The van der Waals surface area contributed by atoms with Crippen molar-refractivity contribution in [1.82, 2.24) is 9.97 Å². The van der Waals surface area contributed by atoms with Gasteiger partial charge in [-0.2, -0.15) is 0 Å². The summed E-state index contributed by atoms with van der Waals surface area (Å²) in [7, 11) is 1.51. The lowest BCUT2D eigenvalue weighted by Gasteiger charge is -2.06. The Kier molecular flexibility index (Phi) is 2.29. The number of rotatable bonds is 3. The van der Waals surface area contributed by atoms with Gasteiger partial charge in [-0.05, 0) is 12.1 Å². The normalized spacial score (nSPS) is 10.5. The molecule has 78 valence electrons. The summed E-state index contributed by atoms with van der Waals surface area (Å²) >= 11 is 0. The molecule has 0 amide bonds. The Labute approximate surface area is 85.7 Å². The van der Waals surface area contributed by atoms with Gasteiger partial charge >= 0.3 is 5.97 Å². The molecule has 1 heterocycles. The predicted molar refractivity (Wildman–Crippen MR) is 54.0 cm³/mol. The van der Waals surface area contributed by atoms with Crippen LogP contribution in [0.2, 0.25) is 0 Å². The molecule has 5 heteroatoms. The Balaban J connectivity index is 2.62. The zero-order valence-electron chi connectivity index (χ0n) is 8.15. The van der Waals surface area contributed by atoms with E-state index >= 15 is 0 Å². The Morgan fingerprint density at radius 1 is 1.60 bits per heavy atom. The molecule has 2 N–H and O–H groups in total. The van der Waals surface area contributed by atoms with Gasteiger partial charge in [0.2, 0.25) is 0 Å². The average Bonchev–Trinajstić information content (AvgIpc) is 2.65. The molecule has 2 aromatic rings. The molecule has 1 aromatic heterocycles. The van der Waals surface area contributed by atoms with Crippen molar-refractivity contribution in [3.8, 4) is 5.75 Å². The van der Waals surface area contributed by atoms with E-state index in [1.807, 2.05) is 6.07 Å². The summed E-state index contributed by atoms with van der Waals surface area (Å²) in [6.45, 7) is 0. The van der Waals surface area contributed by atoms with Gasteiger partial charge in [0, 0.05) is 5.56 Å². The first-order valence-electron chi connectivity index (χ1n) is 4.43. The van der Waals surface area contributed by atoms with Crippen molar-refractivity contribution >= 4 is 17.0 Å². The largest absolute Gasteiger partial charge is 0.496 e. The topological polar surface area (TPSA) is 75.2 Å². The number of carboxylic acid groups (broad SMARTS) is 1. The van der Waals surface area contributed by atoms with Crippen LogP contribution in [-0.4, -0.2) is 28.2 Å². The maximum atomic E-state index is 10.7. The number of fused-ring (bicyclic) bond motifs is 1. The fraction of sp³-hybridized carbons (Fsp3) is 0.200. The van der Waals surface area contributed by atoms with Crippen molar-refractivity contribution in [2.45, 2.75) is 6.42 Å². The highest BCUT2D eigenvalue weighted by Crippen LogP contribution is 2.26. The smallest absolute Gasteiger partial charge is 0.308 e. The van der Waals surface area contributed by atoms with Crippen LogP contribution in [0.5, 0.6) is 5.75 Å². The molecule has 0 aliphatic heterocycles. The van der Waals surface area contributed by atoms with E-state index in [0.29, 0.717) is 16.8 Å². The van der Waals surface area contributed by atoms with Crippen molar-refractivity contribution in [2.75, 3.05) is 7.11 Å². The number of ether oxygens (including phenoxy) is 1. The number of nitrogens with zero attached hydrogens (tertiary/aromatic N) is 1. The first-order valence-corrected chi connectivity index (χ1v) is 4.43. The Morgan fingerprint density at radius 2 is 2.40 bits per heavy atom. The summed E-state index contributed by atoms with van der Waals surface area (Å²) in [6.07, 6.45) is 1.45. The van der Waals surface area contributed by atoms with Gasteiger partial charge in [-0.3, -0.25) is 4.79 Å². The number of aromatic amines is 1. The molecule has 0 spiro atoms.